The molecule has 0 bridgehead atoms. The second-order valence-corrected chi connectivity index (χ2v) is 8.05. The van der Waals surface area contributed by atoms with Gasteiger partial charge < -0.3 is 14.8 Å². The Balaban J connectivity index is 1.67. The first-order chi connectivity index (χ1) is 14.6. The first-order valence-corrected chi connectivity index (χ1v) is 10.7. The number of aryl methyl sites for hydroxylation is 2. The number of pyridine rings is 1. The molecule has 0 atom stereocenters. The van der Waals surface area contributed by atoms with Crippen LogP contribution in [0.15, 0.2) is 53.0 Å². The SMILES string of the molecule is CNC(=O)c1c2c(cn(CCc3ccccc3)c1=O)CN(C(=O)c1cncs1)CC2. The molecule has 0 saturated carbocycles. The molecule has 0 saturated heterocycles. The predicted molar refractivity (Wildman–Crippen MR) is 115 cm³/mol. The molecule has 0 aliphatic carbocycles. The summed E-state index contributed by atoms with van der Waals surface area (Å²) in [5.41, 5.74) is 4.23. The maximum absolute atomic E-state index is 13.1. The number of amides is 2. The fraction of sp³-hybridized carbons (Fsp3) is 0.273. The van der Waals surface area contributed by atoms with Crippen LogP contribution >= 0.6 is 11.3 Å². The van der Waals surface area contributed by atoms with Gasteiger partial charge in [-0.3, -0.25) is 19.4 Å². The average Bonchev–Trinajstić information content (AvgIpc) is 3.32. The van der Waals surface area contributed by atoms with Crippen molar-refractivity contribution in [2.45, 2.75) is 25.9 Å². The number of nitrogens with zero attached hydrogens (tertiary/aromatic N) is 3. The summed E-state index contributed by atoms with van der Waals surface area (Å²) in [6, 6.07) is 9.90. The van der Waals surface area contributed by atoms with Crippen LogP contribution in [0.4, 0.5) is 0 Å². The first kappa shape index (κ1) is 20.0. The zero-order valence-electron chi connectivity index (χ0n) is 16.6. The van der Waals surface area contributed by atoms with Crippen molar-refractivity contribution in [2.75, 3.05) is 13.6 Å². The van der Waals surface area contributed by atoms with Gasteiger partial charge in [0, 0.05) is 32.9 Å². The van der Waals surface area contributed by atoms with Crippen LogP contribution in [-0.2, 0) is 25.9 Å². The van der Waals surface area contributed by atoms with Crippen LogP contribution in [0.2, 0.25) is 0 Å². The minimum absolute atomic E-state index is 0.0771. The molecule has 0 spiro atoms. The number of hydrogen-bond acceptors (Lipinski definition) is 5. The standard InChI is InChI=1S/C22H22N4O3S/c1-23-20(27)19-17-8-10-25(21(28)18-11-24-14-30-18)12-16(17)13-26(22(19)29)9-7-15-5-3-2-4-6-15/h2-6,11,13-14H,7-10,12H2,1H3,(H,23,27). The third-order valence-corrected chi connectivity index (χ3v) is 6.10. The molecule has 1 aliphatic heterocycles. The normalized spacial score (nSPS) is 13.0. The van der Waals surface area contributed by atoms with Crippen LogP contribution in [0.3, 0.4) is 0 Å². The molecule has 8 heteroatoms. The van der Waals surface area contributed by atoms with E-state index in [1.54, 1.807) is 27.4 Å². The van der Waals surface area contributed by atoms with Crippen LogP contribution in [0.1, 0.15) is 36.7 Å². The molecule has 7 nitrogen and oxygen atoms in total. The third kappa shape index (κ3) is 3.91. The molecule has 30 heavy (non-hydrogen) atoms. The molecule has 2 amide bonds. The lowest BCUT2D eigenvalue weighted by molar-refractivity contribution is 0.0738. The zero-order valence-corrected chi connectivity index (χ0v) is 17.4. The molecule has 0 fully saturated rings. The van der Waals surface area contributed by atoms with Crippen molar-refractivity contribution in [2.24, 2.45) is 0 Å². The van der Waals surface area contributed by atoms with Gasteiger partial charge in [0.2, 0.25) is 0 Å². The molecule has 154 valence electrons. The number of hydrogen-bond donors (Lipinski definition) is 1. The summed E-state index contributed by atoms with van der Waals surface area (Å²) in [7, 11) is 1.53. The highest BCUT2D eigenvalue weighted by molar-refractivity contribution is 7.11. The first-order valence-electron chi connectivity index (χ1n) is 9.77. The average molecular weight is 423 g/mol. The molecule has 1 aromatic carbocycles. The molecular weight excluding hydrogens is 400 g/mol. The van der Waals surface area contributed by atoms with E-state index in [2.05, 4.69) is 10.3 Å². The predicted octanol–water partition coefficient (Wildman–Crippen LogP) is 2.11. The van der Waals surface area contributed by atoms with Gasteiger partial charge in [0.25, 0.3) is 17.4 Å². The van der Waals surface area contributed by atoms with Gasteiger partial charge in [0.05, 0.1) is 11.7 Å². The van der Waals surface area contributed by atoms with Crippen LogP contribution in [0, 0.1) is 0 Å². The van der Waals surface area contributed by atoms with Crippen LogP contribution in [-0.4, -0.2) is 39.9 Å². The lowest BCUT2D eigenvalue weighted by Crippen LogP contribution is -2.41. The van der Waals surface area contributed by atoms with Crippen LogP contribution < -0.4 is 10.9 Å². The van der Waals surface area contributed by atoms with E-state index in [-0.39, 0.29) is 22.9 Å². The van der Waals surface area contributed by atoms with E-state index in [0.29, 0.717) is 37.4 Å². The summed E-state index contributed by atoms with van der Waals surface area (Å²) in [5.74, 6) is -0.459. The quantitative estimate of drug-likeness (QED) is 0.683. The zero-order chi connectivity index (χ0) is 21.1. The van der Waals surface area contributed by atoms with Crippen molar-refractivity contribution < 1.29 is 9.59 Å². The second-order valence-electron chi connectivity index (χ2n) is 7.16. The number of fused-ring (bicyclic) bond motifs is 1. The third-order valence-electron chi connectivity index (χ3n) is 5.34. The lowest BCUT2D eigenvalue weighted by Gasteiger charge is -2.30. The Morgan fingerprint density at radius 1 is 1.23 bits per heavy atom. The number of benzene rings is 1. The lowest BCUT2D eigenvalue weighted by atomic mass is 9.95. The van der Waals surface area contributed by atoms with Crippen molar-refractivity contribution in [1.82, 2.24) is 19.8 Å². The van der Waals surface area contributed by atoms with Crippen molar-refractivity contribution in [3.63, 3.8) is 0 Å². The summed E-state index contributed by atoms with van der Waals surface area (Å²) >= 11 is 1.31. The highest BCUT2D eigenvalue weighted by Gasteiger charge is 2.28. The summed E-state index contributed by atoms with van der Waals surface area (Å²) < 4.78 is 1.59. The smallest absolute Gasteiger partial charge is 0.265 e. The van der Waals surface area contributed by atoms with Gasteiger partial charge in [0.15, 0.2) is 0 Å². The number of carbonyl (C=O) groups is 2. The molecule has 1 N–H and O–H groups in total. The van der Waals surface area contributed by atoms with Crippen molar-refractivity contribution in [1.29, 1.82) is 0 Å². The Kier molecular flexibility index (Phi) is 5.76. The van der Waals surface area contributed by atoms with Crippen molar-refractivity contribution >= 4 is 23.2 Å². The minimum Gasteiger partial charge on any atom is -0.355 e. The topological polar surface area (TPSA) is 84.3 Å². The number of carbonyl (C=O) groups excluding carboxylic acids is 2. The molecule has 4 rings (SSSR count). The summed E-state index contributed by atoms with van der Waals surface area (Å²) in [4.78, 5) is 44.7. The minimum atomic E-state index is -0.382. The number of aromatic nitrogens is 2. The molecule has 2 aromatic heterocycles. The van der Waals surface area contributed by atoms with E-state index in [4.69, 9.17) is 0 Å². The summed E-state index contributed by atoms with van der Waals surface area (Å²) in [5, 5.41) is 2.59. The molecule has 0 unspecified atom stereocenters. The highest BCUT2D eigenvalue weighted by Crippen LogP contribution is 2.23. The van der Waals surface area contributed by atoms with E-state index >= 15 is 0 Å². The number of nitrogens with one attached hydrogen (secondary N) is 1. The van der Waals surface area contributed by atoms with E-state index in [1.807, 2.05) is 30.3 Å². The van der Waals surface area contributed by atoms with Gasteiger partial charge in [-0.05, 0) is 29.5 Å². The van der Waals surface area contributed by atoms with Crippen molar-refractivity contribution in [3.05, 3.63) is 85.7 Å². The Bertz CT molecular complexity index is 1120. The maximum Gasteiger partial charge on any atom is 0.265 e. The molecule has 1 aliphatic rings. The molecule has 3 aromatic rings. The van der Waals surface area contributed by atoms with E-state index in [9.17, 15) is 14.4 Å². The Hall–Kier alpha value is -3.26. The summed E-state index contributed by atoms with van der Waals surface area (Å²) in [6.45, 7) is 1.28. The molecule has 3 heterocycles. The fourth-order valence-electron chi connectivity index (χ4n) is 3.78. The fourth-order valence-corrected chi connectivity index (χ4v) is 4.37. The van der Waals surface area contributed by atoms with Gasteiger partial charge in [-0.2, -0.15) is 0 Å². The van der Waals surface area contributed by atoms with Gasteiger partial charge >= 0.3 is 0 Å². The molecular formula is C22H22N4O3S. The van der Waals surface area contributed by atoms with Crippen molar-refractivity contribution in [3.8, 4) is 0 Å². The second kappa shape index (κ2) is 8.62. The van der Waals surface area contributed by atoms with E-state index in [0.717, 1.165) is 16.7 Å². The Labute approximate surface area is 178 Å². The molecule has 0 radical (unpaired) electrons. The monoisotopic (exact) mass is 422 g/mol. The van der Waals surface area contributed by atoms with Crippen LogP contribution in [0.5, 0.6) is 0 Å². The Morgan fingerprint density at radius 3 is 2.73 bits per heavy atom. The number of rotatable bonds is 5. The number of thiazole rings is 1. The van der Waals surface area contributed by atoms with E-state index in [1.165, 1.54) is 18.4 Å². The van der Waals surface area contributed by atoms with E-state index < -0.39 is 0 Å². The van der Waals surface area contributed by atoms with Gasteiger partial charge in [-0.1, -0.05) is 30.3 Å². The van der Waals surface area contributed by atoms with Gasteiger partial charge in [-0.25, -0.2) is 0 Å². The maximum atomic E-state index is 13.1. The van der Waals surface area contributed by atoms with Gasteiger partial charge in [-0.15, -0.1) is 11.3 Å². The largest absolute Gasteiger partial charge is 0.355 e. The Morgan fingerprint density at radius 2 is 2.03 bits per heavy atom. The summed E-state index contributed by atoms with van der Waals surface area (Å²) in [6.07, 6.45) is 4.52. The van der Waals surface area contributed by atoms with Crippen LogP contribution in [0.25, 0.3) is 0 Å². The van der Waals surface area contributed by atoms with Gasteiger partial charge in [0.1, 0.15) is 10.4 Å². The highest BCUT2D eigenvalue weighted by atomic mass is 32.1.